The van der Waals surface area contributed by atoms with Gasteiger partial charge in [-0.05, 0) is 24.3 Å². The summed E-state index contributed by atoms with van der Waals surface area (Å²) in [5.74, 6) is 0. The predicted octanol–water partition coefficient (Wildman–Crippen LogP) is 4.16. The third kappa shape index (κ3) is 4.27. The Morgan fingerprint density at radius 1 is 0.741 bits per heavy atom. The fraction of sp³-hybridized carbons (Fsp3) is 0. The first-order chi connectivity index (χ1) is 11.8. The maximum atomic E-state index is 4.63. The normalized spacial score (nSPS) is 11.3. The van der Waals surface area contributed by atoms with Crippen molar-refractivity contribution in [3.63, 3.8) is 0 Å². The smallest absolute Gasteiger partial charge is 0.137 e. The van der Waals surface area contributed by atoms with Crippen LogP contribution >= 0.6 is 0 Å². The van der Waals surface area contributed by atoms with Crippen LogP contribution in [-0.4, -0.2) is 9.97 Å². The number of rotatable bonds is 0. The van der Waals surface area contributed by atoms with E-state index in [0.29, 0.717) is 0 Å². The van der Waals surface area contributed by atoms with Crippen LogP contribution in [0.1, 0.15) is 22.8 Å². The molecule has 3 aromatic rings. The van der Waals surface area contributed by atoms with Crippen molar-refractivity contribution in [3.05, 3.63) is 92.6 Å². The summed E-state index contributed by atoms with van der Waals surface area (Å²) in [6.45, 7) is 0. The van der Waals surface area contributed by atoms with Crippen LogP contribution in [0.15, 0.2) is 55.0 Å². The Kier molecular flexibility index (Phi) is 6.20. The number of nitrogens with zero attached hydrogens (tertiary/aromatic N) is 4. The van der Waals surface area contributed by atoms with Gasteiger partial charge in [-0.15, -0.1) is 11.0 Å². The van der Waals surface area contributed by atoms with Gasteiger partial charge in [-0.1, -0.05) is 41.8 Å². The van der Waals surface area contributed by atoms with E-state index >= 15 is 0 Å². The topological polar surface area (TPSA) is 44.0 Å². The van der Waals surface area contributed by atoms with Gasteiger partial charge in [0.25, 0.3) is 0 Å². The van der Waals surface area contributed by atoms with E-state index in [2.05, 4.69) is 33.3 Å². The third-order valence-electron chi connectivity index (χ3n) is 3.97. The van der Waals surface area contributed by atoms with Crippen LogP contribution < -0.4 is 9.38 Å². The average Bonchev–Trinajstić information content (AvgIpc) is 3.32. The van der Waals surface area contributed by atoms with Crippen LogP contribution in [-0.2, 0) is 16.8 Å². The van der Waals surface area contributed by atoms with E-state index in [9.17, 15) is 0 Å². The molecule has 139 valence electrons. The van der Waals surface area contributed by atoms with E-state index in [-0.39, 0.29) is 31.6 Å². The maximum Gasteiger partial charge on any atom is 0.137 e. The zero-order chi connectivity index (χ0) is 15.9. The molecule has 0 N–H and O–H groups in total. The van der Waals surface area contributed by atoms with Gasteiger partial charge < -0.3 is 19.8 Å². The zero-order valence-corrected chi connectivity index (χ0v) is 16.2. The molecule has 4 nitrogen and oxygen atoms in total. The molecule has 0 saturated heterocycles. The fourth-order valence-corrected chi connectivity index (χ4v) is 2.88. The van der Waals surface area contributed by atoms with Crippen molar-refractivity contribution < 1.29 is 21.2 Å². The SMILES string of the molecule is C1=Cc2cc3ccc(cc4nc(c[n+]5ccc(cc1n2)[cH-]5)C=C4)[n-]3.[CH3-].[CH3-].[Co]. The van der Waals surface area contributed by atoms with Gasteiger partial charge in [-0.2, -0.15) is 0 Å². The Labute approximate surface area is 169 Å². The Morgan fingerprint density at radius 3 is 1.96 bits per heavy atom. The molecule has 0 unspecified atom stereocenters. The molecule has 0 atom stereocenters. The monoisotopic (exact) mass is 398 g/mol. The molecule has 5 heteroatoms. The summed E-state index contributed by atoms with van der Waals surface area (Å²) >= 11 is 0. The van der Waals surface area contributed by atoms with Gasteiger partial charge in [0.05, 0.1) is 23.3 Å². The first kappa shape index (κ1) is 20.4. The summed E-state index contributed by atoms with van der Waals surface area (Å²) in [5.41, 5.74) is 5.49. The Hall–Kier alpha value is -2.89. The van der Waals surface area contributed by atoms with Gasteiger partial charge in [-0.25, -0.2) is 0 Å². The Bertz CT molecular complexity index is 991. The van der Waals surface area contributed by atoms with E-state index in [1.165, 1.54) is 0 Å². The second kappa shape index (κ2) is 8.20. The van der Waals surface area contributed by atoms with E-state index in [1.807, 2.05) is 65.4 Å². The summed E-state index contributed by atoms with van der Waals surface area (Å²) in [5, 5.41) is 1.11. The molecule has 0 aromatic carbocycles. The summed E-state index contributed by atoms with van der Waals surface area (Å²) in [6.07, 6.45) is 14.1. The number of fused-ring (bicyclic) bond motifs is 8. The van der Waals surface area contributed by atoms with Gasteiger partial charge >= 0.3 is 0 Å². The molecule has 27 heavy (non-hydrogen) atoms. The van der Waals surface area contributed by atoms with Crippen molar-refractivity contribution in [2.45, 2.75) is 0 Å². The maximum absolute atomic E-state index is 4.63. The molecule has 0 fully saturated rings. The van der Waals surface area contributed by atoms with Crippen molar-refractivity contribution in [2.75, 3.05) is 0 Å². The summed E-state index contributed by atoms with van der Waals surface area (Å²) < 4.78 is 2.01. The molecule has 0 spiro atoms. The van der Waals surface area contributed by atoms with Gasteiger partial charge in [0.15, 0.2) is 0 Å². The van der Waals surface area contributed by atoms with Crippen molar-refractivity contribution in [3.8, 4) is 0 Å². The van der Waals surface area contributed by atoms with Crippen LogP contribution in [0.3, 0.4) is 0 Å². The van der Waals surface area contributed by atoms with Crippen molar-refractivity contribution in [2.24, 2.45) is 0 Å². The molecule has 8 bridgehead atoms. The second-order valence-electron chi connectivity index (χ2n) is 5.84. The van der Waals surface area contributed by atoms with E-state index in [1.54, 1.807) is 0 Å². The second-order valence-corrected chi connectivity index (χ2v) is 5.84. The summed E-state index contributed by atoms with van der Waals surface area (Å²) in [7, 11) is 0. The van der Waals surface area contributed by atoms with Crippen molar-refractivity contribution in [1.29, 1.82) is 0 Å². The third-order valence-corrected chi connectivity index (χ3v) is 3.97. The van der Waals surface area contributed by atoms with E-state index in [4.69, 9.17) is 0 Å². The van der Waals surface area contributed by atoms with Crippen molar-refractivity contribution >= 4 is 40.7 Å². The van der Waals surface area contributed by atoms with Crippen LogP contribution in [0, 0.1) is 14.9 Å². The first-order valence-corrected chi connectivity index (χ1v) is 7.78. The van der Waals surface area contributed by atoms with Gasteiger partial charge in [0, 0.05) is 22.5 Å². The van der Waals surface area contributed by atoms with Crippen LogP contribution in [0.2, 0.25) is 0 Å². The Balaban J connectivity index is 0.000000871. The van der Waals surface area contributed by atoms with Gasteiger partial charge in [0.1, 0.15) is 12.4 Å². The molecule has 1 radical (unpaired) electrons. The predicted molar refractivity (Wildman–Crippen MR) is 108 cm³/mol. The van der Waals surface area contributed by atoms with E-state index < -0.39 is 0 Å². The van der Waals surface area contributed by atoms with E-state index in [0.717, 1.165) is 39.2 Å². The van der Waals surface area contributed by atoms with Crippen molar-refractivity contribution in [1.82, 2.24) is 15.0 Å². The van der Waals surface area contributed by atoms with Crippen LogP contribution in [0.4, 0.5) is 0 Å². The number of hydrogen-bond donors (Lipinski definition) is 0. The summed E-state index contributed by atoms with van der Waals surface area (Å²) in [6, 6.07) is 12.1. The molecule has 0 saturated carbocycles. The average molecular weight is 398 g/mol. The Morgan fingerprint density at radius 2 is 1.30 bits per heavy atom. The zero-order valence-electron chi connectivity index (χ0n) is 15.1. The minimum absolute atomic E-state index is 0. The standard InChI is InChI=1S/C20H13N4.2CH3.Co/c1-2-16-10-17-3-4-18(22-17)11-19-5-6-20(23-19)13-24-8-7-14(12-24)9-15(1)21-16;;;/h1-13H;2*1H3;/q3*-1;. The van der Waals surface area contributed by atoms with Crippen LogP contribution in [0.25, 0.3) is 40.7 Å². The molecule has 5 rings (SSSR count). The molecule has 5 heterocycles. The number of hydrogen-bond acceptors (Lipinski definition) is 2. The quantitative estimate of drug-likeness (QED) is 0.291. The molecule has 2 aliphatic rings. The van der Waals surface area contributed by atoms with Gasteiger partial charge in [-0.3, -0.25) is 14.4 Å². The molecule has 2 aliphatic heterocycles. The van der Waals surface area contributed by atoms with Gasteiger partial charge in [0.2, 0.25) is 0 Å². The largest absolute Gasteiger partial charge is 0.658 e. The molecule has 0 amide bonds. The first-order valence-electron chi connectivity index (χ1n) is 7.78. The minimum atomic E-state index is 0. The van der Waals surface area contributed by atoms with Crippen LogP contribution in [0.5, 0.6) is 0 Å². The fourth-order valence-electron chi connectivity index (χ4n) is 2.88. The molecule has 3 aromatic heterocycles. The molecular formula is C22H19CoN4-3. The molecular weight excluding hydrogens is 379 g/mol. The molecule has 0 aliphatic carbocycles. The number of aromatic nitrogens is 4. The summed E-state index contributed by atoms with van der Waals surface area (Å²) in [4.78, 5) is 13.8. The minimum Gasteiger partial charge on any atom is -0.658 e.